The number of aliphatic carboxylic acids is 1. The molecule has 1 amide bonds. The predicted octanol–water partition coefficient (Wildman–Crippen LogP) is 2.81. The molecule has 0 radical (unpaired) electrons. The van der Waals surface area contributed by atoms with E-state index in [-0.39, 0.29) is 6.42 Å². The first-order valence-corrected chi connectivity index (χ1v) is 6.40. The van der Waals surface area contributed by atoms with Crippen LogP contribution < -0.4 is 5.32 Å². The van der Waals surface area contributed by atoms with Crippen molar-refractivity contribution in [3.63, 3.8) is 0 Å². The van der Waals surface area contributed by atoms with Crippen molar-refractivity contribution in [1.82, 2.24) is 5.32 Å². The van der Waals surface area contributed by atoms with Crippen LogP contribution in [0.3, 0.4) is 0 Å². The predicted molar refractivity (Wildman–Crippen MR) is 79.6 cm³/mol. The Morgan fingerprint density at radius 1 is 1.50 bits per heavy atom. The Morgan fingerprint density at radius 3 is 2.75 bits per heavy atom. The Kier molecular flexibility index (Phi) is 6.00. The maximum Gasteiger partial charge on any atom is 0.326 e. The summed E-state index contributed by atoms with van der Waals surface area (Å²) in [4.78, 5) is 22.5. The second kappa shape index (κ2) is 7.50. The molecule has 106 valence electrons. The number of amides is 1. The lowest BCUT2D eigenvalue weighted by atomic mass is 10.1. The number of hydrogen-bond acceptors (Lipinski definition) is 2. The van der Waals surface area contributed by atoms with E-state index in [9.17, 15) is 9.59 Å². The van der Waals surface area contributed by atoms with Gasteiger partial charge in [-0.15, -0.1) is 6.58 Å². The Balaban J connectivity index is 2.69. The van der Waals surface area contributed by atoms with Crippen LogP contribution in [-0.4, -0.2) is 23.0 Å². The molecule has 1 rings (SSSR count). The maximum absolute atomic E-state index is 11.6. The Morgan fingerprint density at radius 2 is 2.20 bits per heavy atom. The molecule has 1 atom stereocenters. The monoisotopic (exact) mass is 293 g/mol. The number of aryl methyl sites for hydroxylation is 1. The van der Waals surface area contributed by atoms with Crippen LogP contribution in [0.4, 0.5) is 0 Å². The third-order valence-corrected chi connectivity index (χ3v) is 3.05. The SMILES string of the molecule is C=CCC(NC(=O)/C=C/c1ccc(C)c(Cl)c1)C(=O)O. The lowest BCUT2D eigenvalue weighted by Crippen LogP contribution is -2.39. The molecule has 1 unspecified atom stereocenters. The van der Waals surface area contributed by atoms with Crippen molar-refractivity contribution >= 4 is 29.6 Å². The molecule has 1 aromatic rings. The number of hydrogen-bond donors (Lipinski definition) is 2. The number of halogens is 1. The molecule has 0 aliphatic carbocycles. The van der Waals surface area contributed by atoms with Gasteiger partial charge in [0.25, 0.3) is 0 Å². The van der Waals surface area contributed by atoms with Gasteiger partial charge < -0.3 is 10.4 Å². The molecular weight excluding hydrogens is 278 g/mol. The van der Waals surface area contributed by atoms with Crippen molar-refractivity contribution in [2.24, 2.45) is 0 Å². The fourth-order valence-electron chi connectivity index (χ4n) is 1.49. The summed E-state index contributed by atoms with van der Waals surface area (Å²) in [7, 11) is 0. The third kappa shape index (κ3) is 4.90. The van der Waals surface area contributed by atoms with Crippen molar-refractivity contribution in [2.45, 2.75) is 19.4 Å². The number of carbonyl (C=O) groups excluding carboxylic acids is 1. The van der Waals surface area contributed by atoms with Crippen molar-refractivity contribution in [3.05, 3.63) is 53.1 Å². The molecule has 0 aliphatic heterocycles. The van der Waals surface area contributed by atoms with E-state index >= 15 is 0 Å². The molecule has 0 saturated heterocycles. The molecule has 0 heterocycles. The van der Waals surface area contributed by atoms with E-state index in [1.807, 2.05) is 19.1 Å². The van der Waals surface area contributed by atoms with Gasteiger partial charge in [-0.3, -0.25) is 4.79 Å². The van der Waals surface area contributed by atoms with Crippen LogP contribution in [-0.2, 0) is 9.59 Å². The largest absolute Gasteiger partial charge is 0.480 e. The second-order valence-electron chi connectivity index (χ2n) is 4.27. The fraction of sp³-hybridized carbons (Fsp3) is 0.200. The van der Waals surface area contributed by atoms with Crippen LogP contribution in [0.15, 0.2) is 36.9 Å². The molecule has 0 saturated carbocycles. The van der Waals surface area contributed by atoms with Gasteiger partial charge in [0, 0.05) is 11.1 Å². The van der Waals surface area contributed by atoms with Gasteiger partial charge in [-0.05, 0) is 36.6 Å². The van der Waals surface area contributed by atoms with Gasteiger partial charge in [-0.2, -0.15) is 0 Å². The zero-order valence-corrected chi connectivity index (χ0v) is 11.9. The second-order valence-corrected chi connectivity index (χ2v) is 4.67. The molecule has 0 bridgehead atoms. The quantitative estimate of drug-likeness (QED) is 0.626. The van der Waals surface area contributed by atoms with E-state index in [2.05, 4.69) is 11.9 Å². The highest BCUT2D eigenvalue weighted by Gasteiger charge is 2.16. The summed E-state index contributed by atoms with van der Waals surface area (Å²) < 4.78 is 0. The lowest BCUT2D eigenvalue weighted by Gasteiger charge is -2.10. The normalized spacial score (nSPS) is 12.1. The van der Waals surface area contributed by atoms with Crippen LogP contribution >= 0.6 is 11.6 Å². The fourth-order valence-corrected chi connectivity index (χ4v) is 1.68. The van der Waals surface area contributed by atoms with Crippen LogP contribution in [0.25, 0.3) is 6.08 Å². The van der Waals surface area contributed by atoms with Gasteiger partial charge in [-0.1, -0.05) is 29.8 Å². The molecule has 20 heavy (non-hydrogen) atoms. The van der Waals surface area contributed by atoms with Gasteiger partial charge in [0.2, 0.25) is 5.91 Å². The summed E-state index contributed by atoms with van der Waals surface area (Å²) in [5.41, 5.74) is 1.72. The van der Waals surface area contributed by atoms with Crippen molar-refractivity contribution in [3.8, 4) is 0 Å². The molecule has 0 fully saturated rings. The van der Waals surface area contributed by atoms with E-state index in [1.54, 1.807) is 12.1 Å². The molecule has 0 aliphatic rings. The first kappa shape index (κ1) is 16.0. The van der Waals surface area contributed by atoms with Gasteiger partial charge in [-0.25, -0.2) is 4.79 Å². The van der Waals surface area contributed by atoms with Gasteiger partial charge >= 0.3 is 5.97 Å². The van der Waals surface area contributed by atoms with Crippen LogP contribution in [0, 0.1) is 6.92 Å². The number of rotatable bonds is 6. The number of carboxylic acids is 1. The van der Waals surface area contributed by atoms with E-state index in [0.29, 0.717) is 5.02 Å². The molecule has 0 aromatic heterocycles. The van der Waals surface area contributed by atoms with Crippen LogP contribution in [0.5, 0.6) is 0 Å². The number of carboxylic acid groups (broad SMARTS) is 1. The Labute approximate surface area is 122 Å². The zero-order chi connectivity index (χ0) is 15.1. The van der Waals surface area contributed by atoms with Crippen LogP contribution in [0.2, 0.25) is 5.02 Å². The average Bonchev–Trinajstić information content (AvgIpc) is 2.39. The Bertz CT molecular complexity index is 552. The third-order valence-electron chi connectivity index (χ3n) is 2.64. The minimum Gasteiger partial charge on any atom is -0.480 e. The molecular formula is C15H16ClNO3. The first-order chi connectivity index (χ1) is 9.43. The topological polar surface area (TPSA) is 66.4 Å². The number of nitrogens with one attached hydrogen (secondary N) is 1. The van der Waals surface area contributed by atoms with E-state index < -0.39 is 17.9 Å². The summed E-state index contributed by atoms with van der Waals surface area (Å²) in [5, 5.41) is 11.9. The first-order valence-electron chi connectivity index (χ1n) is 6.02. The van der Waals surface area contributed by atoms with Gasteiger partial charge in [0.15, 0.2) is 0 Å². The van der Waals surface area contributed by atoms with Crippen LogP contribution in [0.1, 0.15) is 17.5 Å². The highest BCUT2D eigenvalue weighted by Crippen LogP contribution is 2.17. The van der Waals surface area contributed by atoms with Crippen molar-refractivity contribution in [2.75, 3.05) is 0 Å². The molecule has 4 nitrogen and oxygen atoms in total. The van der Waals surface area contributed by atoms with E-state index in [4.69, 9.17) is 16.7 Å². The van der Waals surface area contributed by atoms with Crippen molar-refractivity contribution < 1.29 is 14.7 Å². The molecule has 5 heteroatoms. The van der Waals surface area contributed by atoms with Gasteiger partial charge in [0.05, 0.1) is 0 Å². The average molecular weight is 294 g/mol. The summed E-state index contributed by atoms with van der Waals surface area (Å²) in [6.45, 7) is 5.34. The minimum atomic E-state index is -1.09. The zero-order valence-electron chi connectivity index (χ0n) is 11.1. The smallest absolute Gasteiger partial charge is 0.326 e. The summed E-state index contributed by atoms with van der Waals surface area (Å²) in [5.74, 6) is -1.57. The standard InChI is InChI=1S/C15H16ClNO3/c1-3-4-13(15(19)20)17-14(18)8-7-11-6-5-10(2)12(16)9-11/h3,5-9,13H,1,4H2,2H3,(H,17,18)(H,19,20)/b8-7+. The summed E-state index contributed by atoms with van der Waals surface area (Å²) >= 11 is 5.97. The minimum absolute atomic E-state index is 0.172. The number of benzene rings is 1. The maximum atomic E-state index is 11.6. The number of carbonyl (C=O) groups is 2. The summed E-state index contributed by atoms with van der Waals surface area (Å²) in [6.07, 6.45) is 4.47. The van der Waals surface area contributed by atoms with Gasteiger partial charge in [0.1, 0.15) is 6.04 Å². The molecule has 0 spiro atoms. The van der Waals surface area contributed by atoms with E-state index in [1.165, 1.54) is 12.2 Å². The summed E-state index contributed by atoms with van der Waals surface area (Å²) in [6, 6.07) is 4.44. The highest BCUT2D eigenvalue weighted by atomic mass is 35.5. The van der Waals surface area contributed by atoms with E-state index in [0.717, 1.165) is 11.1 Å². The molecule has 1 aromatic carbocycles. The lowest BCUT2D eigenvalue weighted by molar-refractivity contribution is -0.141. The van der Waals surface area contributed by atoms with Crippen molar-refractivity contribution in [1.29, 1.82) is 0 Å². The highest BCUT2D eigenvalue weighted by molar-refractivity contribution is 6.31. The Hall–Kier alpha value is -2.07. The molecule has 2 N–H and O–H groups in total.